The Balaban J connectivity index is 2.49. The van der Waals surface area contributed by atoms with Gasteiger partial charge in [0.05, 0.1) is 17.1 Å². The minimum Gasteiger partial charge on any atom is -0.383 e. The zero-order valence-electron chi connectivity index (χ0n) is 12.4. The molecular formula is C14H18N4O3S. The fourth-order valence-electron chi connectivity index (χ4n) is 1.63. The molecule has 0 saturated heterocycles. The summed E-state index contributed by atoms with van der Waals surface area (Å²) < 4.78 is 4.97. The number of nitro benzene ring substituents is 1. The summed E-state index contributed by atoms with van der Waals surface area (Å²) in [6.45, 7) is 2.46. The molecule has 0 bridgehead atoms. The third kappa shape index (κ3) is 6.42. The molecular weight excluding hydrogens is 304 g/mol. The van der Waals surface area contributed by atoms with Gasteiger partial charge in [-0.15, -0.1) is 0 Å². The van der Waals surface area contributed by atoms with Gasteiger partial charge in [-0.05, 0) is 37.4 Å². The first-order chi connectivity index (χ1) is 10.5. The van der Waals surface area contributed by atoms with Crippen molar-refractivity contribution in [2.45, 2.75) is 13.0 Å². The van der Waals surface area contributed by atoms with Crippen molar-refractivity contribution >= 4 is 35.3 Å². The highest BCUT2D eigenvalue weighted by Crippen LogP contribution is 2.18. The summed E-state index contributed by atoms with van der Waals surface area (Å²) in [6.07, 6.45) is 4.66. The highest BCUT2D eigenvalue weighted by Gasteiger charge is 2.08. The minimum atomic E-state index is -0.425. The molecule has 1 aromatic rings. The summed E-state index contributed by atoms with van der Waals surface area (Å²) >= 11 is 5.04. The molecule has 22 heavy (non-hydrogen) atoms. The number of nitrogens with one attached hydrogen (secondary N) is 2. The lowest BCUT2D eigenvalue weighted by molar-refractivity contribution is -0.385. The van der Waals surface area contributed by atoms with Crippen LogP contribution in [0.25, 0.3) is 6.08 Å². The number of benzene rings is 1. The third-order valence-electron chi connectivity index (χ3n) is 2.53. The molecule has 1 aromatic carbocycles. The lowest BCUT2D eigenvalue weighted by Crippen LogP contribution is -2.40. The maximum Gasteiger partial charge on any atom is 0.276 e. The molecule has 0 spiro atoms. The van der Waals surface area contributed by atoms with Crippen molar-refractivity contribution in [1.29, 1.82) is 0 Å². The van der Waals surface area contributed by atoms with Crippen molar-refractivity contribution in [3.63, 3.8) is 0 Å². The van der Waals surface area contributed by atoms with Gasteiger partial charge in [0, 0.05) is 25.4 Å². The second kappa shape index (κ2) is 9.59. The van der Waals surface area contributed by atoms with E-state index < -0.39 is 4.92 Å². The average Bonchev–Trinajstić information content (AvgIpc) is 2.47. The Labute approximate surface area is 134 Å². The monoisotopic (exact) mass is 322 g/mol. The first-order valence-electron chi connectivity index (χ1n) is 6.53. The molecule has 0 aliphatic rings. The van der Waals surface area contributed by atoms with E-state index in [4.69, 9.17) is 17.0 Å². The van der Waals surface area contributed by atoms with Crippen LogP contribution in [0.15, 0.2) is 35.4 Å². The predicted molar refractivity (Wildman–Crippen MR) is 90.8 cm³/mol. The highest BCUT2D eigenvalue weighted by atomic mass is 32.1. The maximum atomic E-state index is 10.8. The number of rotatable bonds is 7. The van der Waals surface area contributed by atoms with Crippen LogP contribution in [0.4, 0.5) is 5.69 Å². The molecule has 7 nitrogen and oxygen atoms in total. The number of ether oxygens (including phenoxy) is 1. The van der Waals surface area contributed by atoms with Crippen molar-refractivity contribution < 1.29 is 9.66 Å². The molecule has 0 fully saturated rings. The van der Waals surface area contributed by atoms with Gasteiger partial charge < -0.3 is 10.1 Å². The van der Waals surface area contributed by atoms with E-state index in [1.165, 1.54) is 12.3 Å². The maximum absolute atomic E-state index is 10.8. The fourth-order valence-corrected chi connectivity index (χ4v) is 1.88. The number of methoxy groups -OCH3 is 1. The Bertz CT molecular complexity index is 575. The number of hydrazone groups is 1. The van der Waals surface area contributed by atoms with Crippen LogP contribution in [-0.4, -0.2) is 36.0 Å². The number of nitrogens with zero attached hydrogens (tertiary/aromatic N) is 2. The summed E-state index contributed by atoms with van der Waals surface area (Å²) in [7, 11) is 1.61. The van der Waals surface area contributed by atoms with Gasteiger partial charge in [0.2, 0.25) is 0 Å². The number of hydrogen-bond donors (Lipinski definition) is 2. The molecule has 1 rings (SSSR count). The summed E-state index contributed by atoms with van der Waals surface area (Å²) in [5.41, 5.74) is 3.20. The molecule has 0 radical (unpaired) electrons. The van der Waals surface area contributed by atoms with Crippen LogP contribution in [0.3, 0.4) is 0 Å². The van der Waals surface area contributed by atoms with E-state index in [-0.39, 0.29) is 11.7 Å². The normalized spacial score (nSPS) is 12.5. The van der Waals surface area contributed by atoms with Crippen LogP contribution in [0.1, 0.15) is 12.5 Å². The second-order valence-corrected chi connectivity index (χ2v) is 4.80. The number of hydrogen-bond acceptors (Lipinski definition) is 5. The van der Waals surface area contributed by atoms with E-state index in [9.17, 15) is 10.1 Å². The van der Waals surface area contributed by atoms with Gasteiger partial charge in [-0.2, -0.15) is 5.10 Å². The van der Waals surface area contributed by atoms with E-state index in [1.54, 1.807) is 37.5 Å². The van der Waals surface area contributed by atoms with Crippen LogP contribution in [-0.2, 0) is 4.74 Å². The van der Waals surface area contributed by atoms with Gasteiger partial charge >= 0.3 is 0 Å². The standard InChI is InChI=1S/C14H18N4O3S/c1-11(10-21-2)16-14(22)17-15-9-5-7-12-6-3-4-8-13(12)18(19)20/h3-9,11H,10H2,1-2H3,(H2,16,17,22)/b7-5+,15-9-/t11-/m0/s1. The summed E-state index contributed by atoms with van der Waals surface area (Å²) in [5, 5.41) is 18.1. The SMILES string of the molecule is COC[C@H](C)NC(=S)N/N=C\C=C\c1ccccc1[N+](=O)[O-]. The van der Waals surface area contributed by atoms with Crippen molar-refractivity contribution in [3.05, 3.63) is 46.0 Å². The zero-order valence-corrected chi connectivity index (χ0v) is 13.2. The molecule has 0 heterocycles. The first kappa shape index (κ1) is 17.7. The van der Waals surface area contributed by atoms with Crippen molar-refractivity contribution in [2.24, 2.45) is 5.10 Å². The number of thiocarbonyl (C=S) groups is 1. The Morgan fingerprint density at radius 2 is 2.27 bits per heavy atom. The first-order valence-corrected chi connectivity index (χ1v) is 6.94. The summed E-state index contributed by atoms with van der Waals surface area (Å²) in [5.74, 6) is 0. The molecule has 0 aromatic heterocycles. The molecule has 0 saturated carbocycles. The summed E-state index contributed by atoms with van der Waals surface area (Å²) in [6, 6.07) is 6.54. The quantitative estimate of drug-likeness (QED) is 0.346. The van der Waals surface area contributed by atoms with Crippen LogP contribution >= 0.6 is 12.2 Å². The zero-order chi connectivity index (χ0) is 16.4. The van der Waals surface area contributed by atoms with E-state index in [0.29, 0.717) is 17.3 Å². The predicted octanol–water partition coefficient (Wildman–Crippen LogP) is 2.09. The molecule has 0 amide bonds. The lowest BCUT2D eigenvalue weighted by atomic mass is 10.2. The molecule has 118 valence electrons. The number of para-hydroxylation sites is 1. The lowest BCUT2D eigenvalue weighted by Gasteiger charge is -2.13. The Kier molecular flexibility index (Phi) is 7.73. The fraction of sp³-hybridized carbons (Fsp3) is 0.286. The van der Waals surface area contributed by atoms with Gasteiger partial charge in [-0.3, -0.25) is 15.5 Å². The molecule has 0 aliphatic carbocycles. The minimum absolute atomic E-state index is 0.0469. The molecule has 1 atom stereocenters. The average molecular weight is 322 g/mol. The van der Waals surface area contributed by atoms with Gasteiger partial charge in [0.15, 0.2) is 5.11 Å². The van der Waals surface area contributed by atoms with Gasteiger partial charge in [0.25, 0.3) is 5.69 Å². The molecule has 0 aliphatic heterocycles. The largest absolute Gasteiger partial charge is 0.383 e. The Morgan fingerprint density at radius 1 is 1.55 bits per heavy atom. The van der Waals surface area contributed by atoms with Crippen LogP contribution in [0.5, 0.6) is 0 Å². The topological polar surface area (TPSA) is 88.8 Å². The van der Waals surface area contributed by atoms with E-state index in [0.717, 1.165) is 0 Å². The van der Waals surface area contributed by atoms with Crippen molar-refractivity contribution in [2.75, 3.05) is 13.7 Å². The molecule has 8 heteroatoms. The van der Waals surface area contributed by atoms with E-state index in [2.05, 4.69) is 15.8 Å². The number of nitro groups is 1. The van der Waals surface area contributed by atoms with Gasteiger partial charge in [-0.25, -0.2) is 0 Å². The Hall–Kier alpha value is -2.32. The van der Waals surface area contributed by atoms with Crippen LogP contribution in [0, 0.1) is 10.1 Å². The number of allylic oxidation sites excluding steroid dienone is 1. The summed E-state index contributed by atoms with van der Waals surface area (Å²) in [4.78, 5) is 10.4. The Morgan fingerprint density at radius 3 is 2.95 bits per heavy atom. The van der Waals surface area contributed by atoms with Crippen molar-refractivity contribution in [1.82, 2.24) is 10.7 Å². The smallest absolute Gasteiger partial charge is 0.276 e. The van der Waals surface area contributed by atoms with Gasteiger partial charge in [-0.1, -0.05) is 12.1 Å². The third-order valence-corrected chi connectivity index (χ3v) is 2.74. The van der Waals surface area contributed by atoms with Crippen LogP contribution < -0.4 is 10.7 Å². The van der Waals surface area contributed by atoms with Crippen LogP contribution in [0.2, 0.25) is 0 Å². The highest BCUT2D eigenvalue weighted by molar-refractivity contribution is 7.80. The van der Waals surface area contributed by atoms with Gasteiger partial charge in [0.1, 0.15) is 0 Å². The van der Waals surface area contributed by atoms with E-state index in [1.807, 2.05) is 6.92 Å². The van der Waals surface area contributed by atoms with E-state index >= 15 is 0 Å². The second-order valence-electron chi connectivity index (χ2n) is 4.39. The molecule has 2 N–H and O–H groups in total. The molecule has 0 unspecified atom stereocenters. The van der Waals surface area contributed by atoms with Crippen molar-refractivity contribution in [3.8, 4) is 0 Å².